The van der Waals surface area contributed by atoms with Crippen molar-refractivity contribution >= 4 is 17.5 Å². The first-order valence-corrected chi connectivity index (χ1v) is 6.39. The van der Waals surface area contributed by atoms with Gasteiger partial charge in [-0.1, -0.05) is 26.0 Å². The predicted molar refractivity (Wildman–Crippen MR) is 75.2 cm³/mol. The third-order valence-electron chi connectivity index (χ3n) is 3.40. The molecule has 0 saturated carbocycles. The lowest BCUT2D eigenvalue weighted by molar-refractivity contribution is -0.131. The molecule has 0 radical (unpaired) electrons. The normalized spacial score (nSPS) is 11.1. The van der Waals surface area contributed by atoms with Gasteiger partial charge in [-0.15, -0.1) is 0 Å². The Labute approximate surface area is 113 Å². The molecule has 0 spiro atoms. The van der Waals surface area contributed by atoms with E-state index in [9.17, 15) is 9.59 Å². The summed E-state index contributed by atoms with van der Waals surface area (Å²) in [6, 6.07) is 7.06. The number of anilines is 1. The van der Waals surface area contributed by atoms with Gasteiger partial charge in [0.15, 0.2) is 0 Å². The van der Waals surface area contributed by atoms with E-state index < -0.39 is 11.4 Å². The van der Waals surface area contributed by atoms with Crippen LogP contribution in [0.4, 0.5) is 5.69 Å². The molecule has 5 nitrogen and oxygen atoms in total. The average molecular weight is 263 g/mol. The number of primary amides is 1. The van der Waals surface area contributed by atoms with Crippen LogP contribution in [-0.4, -0.2) is 17.4 Å². The number of nitrogen functional groups attached to an aromatic ring is 1. The first-order valence-electron chi connectivity index (χ1n) is 6.39. The van der Waals surface area contributed by atoms with Crippen LogP contribution in [0.5, 0.6) is 0 Å². The third kappa shape index (κ3) is 3.71. The highest BCUT2D eigenvalue weighted by Gasteiger charge is 2.34. The van der Waals surface area contributed by atoms with Gasteiger partial charge in [0.25, 0.3) is 0 Å². The molecule has 0 unspecified atom stereocenters. The van der Waals surface area contributed by atoms with E-state index in [4.69, 9.17) is 11.5 Å². The molecule has 0 aliphatic heterocycles. The molecular weight excluding hydrogens is 242 g/mol. The van der Waals surface area contributed by atoms with E-state index in [1.54, 1.807) is 24.3 Å². The minimum atomic E-state index is -0.953. The van der Waals surface area contributed by atoms with E-state index in [0.717, 1.165) is 5.56 Å². The van der Waals surface area contributed by atoms with E-state index in [1.807, 2.05) is 13.8 Å². The zero-order valence-electron chi connectivity index (χ0n) is 11.4. The molecule has 1 aromatic carbocycles. The number of nitrogens with two attached hydrogens (primary N) is 2. The fourth-order valence-corrected chi connectivity index (χ4v) is 1.97. The van der Waals surface area contributed by atoms with Crippen LogP contribution in [0, 0.1) is 0 Å². The molecule has 0 fully saturated rings. The number of carbonyl (C=O) groups excluding carboxylic acids is 2. The SMILES string of the molecule is CCC(CC)(NC(=O)Cc1ccc(N)cc1)C(N)=O. The van der Waals surface area contributed by atoms with E-state index in [1.165, 1.54) is 0 Å². The quantitative estimate of drug-likeness (QED) is 0.667. The first-order chi connectivity index (χ1) is 8.93. The Bertz CT molecular complexity index is 450. The largest absolute Gasteiger partial charge is 0.399 e. The van der Waals surface area contributed by atoms with Crippen molar-refractivity contribution in [3.05, 3.63) is 29.8 Å². The molecule has 0 heterocycles. The average Bonchev–Trinajstić information content (AvgIpc) is 2.38. The topological polar surface area (TPSA) is 98.2 Å². The Balaban J connectivity index is 2.73. The number of carbonyl (C=O) groups is 2. The van der Waals surface area contributed by atoms with Crippen molar-refractivity contribution in [2.45, 2.75) is 38.6 Å². The van der Waals surface area contributed by atoms with E-state index in [0.29, 0.717) is 18.5 Å². The fourth-order valence-electron chi connectivity index (χ4n) is 1.97. The minimum absolute atomic E-state index is 0.204. The molecule has 0 bridgehead atoms. The standard InChI is InChI=1S/C14H21N3O2/c1-3-14(4-2,13(16)19)17-12(18)9-10-5-7-11(15)8-6-10/h5-8H,3-4,9,15H2,1-2H3,(H2,16,19)(H,17,18). The second-order valence-electron chi connectivity index (χ2n) is 4.62. The van der Waals surface area contributed by atoms with E-state index >= 15 is 0 Å². The van der Waals surface area contributed by atoms with Crippen LogP contribution in [0.25, 0.3) is 0 Å². The van der Waals surface area contributed by atoms with Crippen LogP contribution in [0.15, 0.2) is 24.3 Å². The van der Waals surface area contributed by atoms with Crippen LogP contribution in [-0.2, 0) is 16.0 Å². The molecule has 1 rings (SSSR count). The Kier molecular flexibility index (Phi) is 4.92. The molecule has 19 heavy (non-hydrogen) atoms. The monoisotopic (exact) mass is 263 g/mol. The van der Waals surface area contributed by atoms with Crippen molar-refractivity contribution in [2.24, 2.45) is 5.73 Å². The molecule has 1 aromatic rings. The molecule has 5 N–H and O–H groups in total. The van der Waals surface area contributed by atoms with Gasteiger partial charge in [0, 0.05) is 5.69 Å². The summed E-state index contributed by atoms with van der Waals surface area (Å²) in [6.07, 6.45) is 1.16. The molecular formula is C14H21N3O2. The van der Waals surface area contributed by atoms with Crippen molar-refractivity contribution in [2.75, 3.05) is 5.73 Å². The number of rotatable bonds is 6. The molecule has 0 aliphatic rings. The van der Waals surface area contributed by atoms with Gasteiger partial charge in [-0.25, -0.2) is 0 Å². The Morgan fingerprint density at radius 1 is 1.16 bits per heavy atom. The smallest absolute Gasteiger partial charge is 0.243 e. The Morgan fingerprint density at radius 3 is 2.11 bits per heavy atom. The van der Waals surface area contributed by atoms with Gasteiger partial charge in [-0.05, 0) is 30.5 Å². The summed E-state index contributed by atoms with van der Waals surface area (Å²) < 4.78 is 0. The summed E-state index contributed by atoms with van der Waals surface area (Å²) in [5.74, 6) is -0.713. The summed E-state index contributed by atoms with van der Waals surface area (Å²) in [4.78, 5) is 23.5. The summed E-state index contributed by atoms with van der Waals surface area (Å²) in [6.45, 7) is 3.66. The number of hydrogen-bond acceptors (Lipinski definition) is 3. The van der Waals surface area contributed by atoms with Gasteiger partial charge in [0.05, 0.1) is 6.42 Å². The molecule has 0 saturated heterocycles. The van der Waals surface area contributed by atoms with Crippen molar-refractivity contribution in [3.63, 3.8) is 0 Å². The van der Waals surface area contributed by atoms with Crippen molar-refractivity contribution in [1.82, 2.24) is 5.32 Å². The lowest BCUT2D eigenvalue weighted by atomic mass is 9.91. The molecule has 104 valence electrons. The molecule has 2 amide bonds. The number of benzene rings is 1. The van der Waals surface area contributed by atoms with Gasteiger partial charge < -0.3 is 16.8 Å². The van der Waals surface area contributed by atoms with Crippen LogP contribution < -0.4 is 16.8 Å². The fraction of sp³-hybridized carbons (Fsp3) is 0.429. The van der Waals surface area contributed by atoms with Gasteiger partial charge in [0.2, 0.25) is 11.8 Å². The summed E-state index contributed by atoms with van der Waals surface area (Å²) >= 11 is 0. The molecule has 0 aromatic heterocycles. The highest BCUT2D eigenvalue weighted by atomic mass is 16.2. The molecule has 5 heteroatoms. The van der Waals surface area contributed by atoms with Crippen molar-refractivity contribution < 1.29 is 9.59 Å². The van der Waals surface area contributed by atoms with Crippen LogP contribution in [0.3, 0.4) is 0 Å². The lowest BCUT2D eigenvalue weighted by Gasteiger charge is -2.29. The first kappa shape index (κ1) is 15.0. The summed E-state index contributed by atoms with van der Waals surface area (Å²) in [7, 11) is 0. The number of hydrogen-bond donors (Lipinski definition) is 3. The second-order valence-corrected chi connectivity index (χ2v) is 4.62. The van der Waals surface area contributed by atoms with Crippen molar-refractivity contribution in [3.8, 4) is 0 Å². The second kappa shape index (κ2) is 6.22. The lowest BCUT2D eigenvalue weighted by Crippen LogP contribution is -2.57. The summed E-state index contributed by atoms with van der Waals surface area (Å²) in [5.41, 5.74) is 11.5. The zero-order valence-corrected chi connectivity index (χ0v) is 11.4. The third-order valence-corrected chi connectivity index (χ3v) is 3.40. The highest BCUT2D eigenvalue weighted by molar-refractivity contribution is 5.91. The van der Waals surface area contributed by atoms with Crippen molar-refractivity contribution in [1.29, 1.82) is 0 Å². The van der Waals surface area contributed by atoms with E-state index in [2.05, 4.69) is 5.32 Å². The number of amides is 2. The zero-order chi connectivity index (χ0) is 14.5. The number of nitrogens with one attached hydrogen (secondary N) is 1. The highest BCUT2D eigenvalue weighted by Crippen LogP contribution is 2.15. The van der Waals surface area contributed by atoms with Gasteiger partial charge >= 0.3 is 0 Å². The maximum absolute atomic E-state index is 12.0. The van der Waals surface area contributed by atoms with E-state index in [-0.39, 0.29) is 12.3 Å². The van der Waals surface area contributed by atoms with Gasteiger partial charge in [-0.2, -0.15) is 0 Å². The molecule has 0 atom stereocenters. The summed E-state index contributed by atoms with van der Waals surface area (Å²) in [5, 5.41) is 2.75. The van der Waals surface area contributed by atoms with Crippen LogP contribution in [0.2, 0.25) is 0 Å². The maximum atomic E-state index is 12.0. The minimum Gasteiger partial charge on any atom is -0.399 e. The Morgan fingerprint density at radius 2 is 1.68 bits per heavy atom. The molecule has 0 aliphatic carbocycles. The predicted octanol–water partition coefficient (Wildman–Crippen LogP) is 0.972. The van der Waals surface area contributed by atoms with Gasteiger partial charge in [-0.3, -0.25) is 9.59 Å². The van der Waals surface area contributed by atoms with Crippen LogP contribution in [0.1, 0.15) is 32.3 Å². The Hall–Kier alpha value is -2.04. The maximum Gasteiger partial charge on any atom is 0.243 e. The van der Waals surface area contributed by atoms with Gasteiger partial charge in [0.1, 0.15) is 5.54 Å². The van der Waals surface area contributed by atoms with Crippen LogP contribution >= 0.6 is 0 Å².